The second kappa shape index (κ2) is 10.6. The molecule has 4 rings (SSSR count). The van der Waals surface area contributed by atoms with E-state index in [1.165, 1.54) is 11.1 Å². The molecule has 2 aromatic carbocycles. The minimum absolute atomic E-state index is 0.00447. The summed E-state index contributed by atoms with van der Waals surface area (Å²) in [6.07, 6.45) is 5.08. The van der Waals surface area contributed by atoms with Gasteiger partial charge in [-0.2, -0.15) is 0 Å². The zero-order chi connectivity index (χ0) is 21.5. The van der Waals surface area contributed by atoms with Crippen LogP contribution in [0.4, 0.5) is 0 Å². The molecule has 0 spiro atoms. The third-order valence-electron chi connectivity index (χ3n) is 6.47. The second-order valence-corrected chi connectivity index (χ2v) is 8.71. The monoisotopic (exact) mass is 419 g/mol. The van der Waals surface area contributed by atoms with E-state index in [1.54, 1.807) is 4.90 Å². The van der Waals surface area contributed by atoms with Gasteiger partial charge in [-0.15, -0.1) is 0 Å². The molecule has 1 saturated heterocycles. The van der Waals surface area contributed by atoms with Crippen molar-refractivity contribution in [2.45, 2.75) is 57.7 Å². The number of nitrogens with one attached hydrogen (secondary N) is 1. The largest absolute Gasteiger partial charge is 0.354 e. The summed E-state index contributed by atoms with van der Waals surface area (Å²) in [5.41, 5.74) is 3.95. The average molecular weight is 420 g/mol. The topological polar surface area (TPSA) is 52.7 Å². The Balaban J connectivity index is 1.27. The highest BCUT2D eigenvalue weighted by atomic mass is 16.2. The summed E-state index contributed by atoms with van der Waals surface area (Å²) in [6.45, 7) is 4.21. The van der Waals surface area contributed by atoms with E-state index in [9.17, 15) is 9.59 Å². The van der Waals surface area contributed by atoms with Gasteiger partial charge >= 0.3 is 0 Å². The first-order valence-corrected chi connectivity index (χ1v) is 11.6. The first-order chi connectivity index (χ1) is 15.2. The summed E-state index contributed by atoms with van der Waals surface area (Å²) in [5, 5.41) is 3.12. The van der Waals surface area contributed by atoms with Crippen LogP contribution in [0.5, 0.6) is 0 Å². The van der Waals surface area contributed by atoms with Crippen molar-refractivity contribution in [3.63, 3.8) is 0 Å². The van der Waals surface area contributed by atoms with Crippen molar-refractivity contribution < 1.29 is 9.59 Å². The van der Waals surface area contributed by atoms with Crippen LogP contribution in [-0.2, 0) is 29.1 Å². The number of rotatable bonds is 7. The van der Waals surface area contributed by atoms with Gasteiger partial charge in [-0.1, -0.05) is 61.0 Å². The summed E-state index contributed by atoms with van der Waals surface area (Å²) in [4.78, 5) is 30.0. The Morgan fingerprint density at radius 1 is 0.968 bits per heavy atom. The summed E-state index contributed by atoms with van der Waals surface area (Å²) in [7, 11) is 0. The Morgan fingerprint density at radius 3 is 2.58 bits per heavy atom. The molecule has 2 heterocycles. The highest BCUT2D eigenvalue weighted by molar-refractivity contribution is 5.88. The Hall–Kier alpha value is -2.66. The fourth-order valence-electron chi connectivity index (χ4n) is 4.72. The van der Waals surface area contributed by atoms with Crippen molar-refractivity contribution in [1.82, 2.24) is 15.1 Å². The van der Waals surface area contributed by atoms with Crippen molar-refractivity contribution in [1.29, 1.82) is 0 Å². The molecule has 0 aliphatic carbocycles. The lowest BCUT2D eigenvalue weighted by Crippen LogP contribution is -2.48. The maximum Gasteiger partial charge on any atom is 0.242 e. The van der Waals surface area contributed by atoms with E-state index in [-0.39, 0.29) is 17.9 Å². The Bertz CT molecular complexity index is 883. The fraction of sp³-hybridized carbons (Fsp3) is 0.462. The van der Waals surface area contributed by atoms with Crippen LogP contribution in [0.25, 0.3) is 0 Å². The number of nitrogens with zero attached hydrogens (tertiary/aromatic N) is 2. The molecule has 0 aromatic heterocycles. The van der Waals surface area contributed by atoms with Crippen LogP contribution in [0.3, 0.4) is 0 Å². The highest BCUT2D eigenvalue weighted by Gasteiger charge is 2.31. The van der Waals surface area contributed by atoms with Gasteiger partial charge in [0.2, 0.25) is 11.8 Å². The zero-order valence-corrected chi connectivity index (χ0v) is 18.3. The van der Waals surface area contributed by atoms with E-state index >= 15 is 0 Å². The number of hydrogen-bond donors (Lipinski definition) is 1. The molecule has 1 fully saturated rings. The van der Waals surface area contributed by atoms with Gasteiger partial charge in [0, 0.05) is 39.1 Å². The average Bonchev–Trinajstić information content (AvgIpc) is 2.98. The predicted octanol–water partition coefficient (Wildman–Crippen LogP) is 3.52. The lowest BCUT2D eigenvalue weighted by molar-refractivity contribution is -0.140. The summed E-state index contributed by atoms with van der Waals surface area (Å²) < 4.78 is 0. The molecule has 31 heavy (non-hydrogen) atoms. The van der Waals surface area contributed by atoms with Crippen molar-refractivity contribution in [2.75, 3.05) is 19.6 Å². The molecule has 0 saturated carbocycles. The Kier molecular flexibility index (Phi) is 7.36. The number of amides is 2. The van der Waals surface area contributed by atoms with Crippen LogP contribution in [0.2, 0.25) is 0 Å². The quantitative estimate of drug-likeness (QED) is 0.699. The molecular weight excluding hydrogens is 386 g/mol. The van der Waals surface area contributed by atoms with Crippen LogP contribution in [0.15, 0.2) is 54.6 Å². The lowest BCUT2D eigenvalue weighted by atomic mass is 10.00. The van der Waals surface area contributed by atoms with Crippen LogP contribution in [0.1, 0.15) is 48.8 Å². The number of likely N-dealkylation sites (tertiary alicyclic amines) is 1. The van der Waals surface area contributed by atoms with Crippen molar-refractivity contribution in [2.24, 2.45) is 0 Å². The number of benzene rings is 2. The molecule has 1 unspecified atom stereocenters. The zero-order valence-electron chi connectivity index (χ0n) is 18.3. The number of hydrogen-bond acceptors (Lipinski definition) is 3. The smallest absolute Gasteiger partial charge is 0.242 e. The van der Waals surface area contributed by atoms with Crippen LogP contribution in [-0.4, -0.2) is 47.3 Å². The fourth-order valence-corrected chi connectivity index (χ4v) is 4.72. The molecule has 0 bridgehead atoms. The summed E-state index contributed by atoms with van der Waals surface area (Å²) in [6, 6.07) is 18.3. The van der Waals surface area contributed by atoms with Gasteiger partial charge in [0.25, 0.3) is 0 Å². The standard InChI is InChI=1S/C26H33N3O2/c30-25-14-7-6-13-24(29(25)19-21-9-2-1-3-10-21)26(31)27-16-8-17-28-18-15-22-11-4-5-12-23(22)20-28/h1-5,9-12,24H,6-8,13-20H2,(H,27,31). The molecular formula is C26H33N3O2. The summed E-state index contributed by atoms with van der Waals surface area (Å²) in [5.74, 6) is 0.0867. The maximum absolute atomic E-state index is 13.0. The maximum atomic E-state index is 13.0. The SMILES string of the molecule is O=C(NCCCN1CCc2ccccc2C1)C1CCCCC(=O)N1Cc1ccccc1. The Labute approximate surface area is 185 Å². The molecule has 2 aliphatic rings. The van der Waals surface area contributed by atoms with E-state index in [1.807, 2.05) is 30.3 Å². The first kappa shape index (κ1) is 21.6. The molecule has 1 atom stereocenters. The molecule has 164 valence electrons. The van der Waals surface area contributed by atoms with Gasteiger partial charge in [-0.25, -0.2) is 0 Å². The molecule has 2 aliphatic heterocycles. The van der Waals surface area contributed by atoms with E-state index in [0.29, 0.717) is 19.5 Å². The molecule has 1 N–H and O–H groups in total. The van der Waals surface area contributed by atoms with Crippen molar-refractivity contribution in [3.8, 4) is 0 Å². The van der Waals surface area contributed by atoms with Crippen molar-refractivity contribution in [3.05, 3.63) is 71.3 Å². The van der Waals surface area contributed by atoms with E-state index in [2.05, 4.69) is 34.5 Å². The molecule has 5 heteroatoms. The third-order valence-corrected chi connectivity index (χ3v) is 6.47. The van der Waals surface area contributed by atoms with E-state index < -0.39 is 0 Å². The van der Waals surface area contributed by atoms with E-state index in [0.717, 1.165) is 57.3 Å². The molecule has 2 amide bonds. The van der Waals surface area contributed by atoms with Gasteiger partial charge in [0.05, 0.1) is 0 Å². The number of carbonyl (C=O) groups is 2. The molecule has 0 radical (unpaired) electrons. The predicted molar refractivity (Wildman–Crippen MR) is 122 cm³/mol. The van der Waals surface area contributed by atoms with Gasteiger partial charge in [0.15, 0.2) is 0 Å². The Morgan fingerprint density at radius 2 is 1.74 bits per heavy atom. The lowest BCUT2D eigenvalue weighted by Gasteiger charge is -2.30. The molecule has 2 aromatic rings. The first-order valence-electron chi connectivity index (χ1n) is 11.6. The van der Waals surface area contributed by atoms with Gasteiger partial charge in [-0.3, -0.25) is 14.5 Å². The van der Waals surface area contributed by atoms with Crippen LogP contribution >= 0.6 is 0 Å². The minimum atomic E-state index is -0.364. The van der Waals surface area contributed by atoms with Crippen LogP contribution < -0.4 is 5.32 Å². The van der Waals surface area contributed by atoms with E-state index in [4.69, 9.17) is 0 Å². The van der Waals surface area contributed by atoms with Gasteiger partial charge in [0.1, 0.15) is 6.04 Å². The van der Waals surface area contributed by atoms with Crippen LogP contribution in [0, 0.1) is 0 Å². The summed E-state index contributed by atoms with van der Waals surface area (Å²) >= 11 is 0. The van der Waals surface area contributed by atoms with Gasteiger partial charge < -0.3 is 10.2 Å². The third kappa shape index (κ3) is 5.73. The highest BCUT2D eigenvalue weighted by Crippen LogP contribution is 2.21. The van der Waals surface area contributed by atoms with Crippen molar-refractivity contribution >= 4 is 11.8 Å². The normalized spacial score (nSPS) is 19.5. The minimum Gasteiger partial charge on any atom is -0.354 e. The molecule has 5 nitrogen and oxygen atoms in total. The van der Waals surface area contributed by atoms with Gasteiger partial charge in [-0.05, 0) is 42.4 Å². The number of carbonyl (C=O) groups excluding carboxylic acids is 2. The number of fused-ring (bicyclic) bond motifs is 1. The second-order valence-electron chi connectivity index (χ2n) is 8.71.